The summed E-state index contributed by atoms with van der Waals surface area (Å²) in [7, 11) is 0. The minimum atomic E-state index is -0.713. The van der Waals surface area contributed by atoms with Crippen molar-refractivity contribution >= 4 is 17.5 Å². The van der Waals surface area contributed by atoms with E-state index >= 15 is 0 Å². The number of benzene rings is 1. The third-order valence-corrected chi connectivity index (χ3v) is 4.38. The Kier molecular flexibility index (Phi) is 4.41. The second-order valence-corrected chi connectivity index (χ2v) is 6.10. The summed E-state index contributed by atoms with van der Waals surface area (Å²) >= 11 is 0. The number of hydrogen-bond acceptors (Lipinski definition) is 6. The second-order valence-electron chi connectivity index (χ2n) is 6.10. The van der Waals surface area contributed by atoms with E-state index in [0.29, 0.717) is 32.8 Å². The first kappa shape index (κ1) is 16.7. The highest BCUT2D eigenvalue weighted by Crippen LogP contribution is 2.31. The van der Waals surface area contributed by atoms with E-state index in [9.17, 15) is 13.6 Å². The predicted octanol–water partition coefficient (Wildman–Crippen LogP) is 1.42. The Bertz CT molecular complexity index is 772. The average molecular weight is 365 g/mol. The lowest BCUT2D eigenvalue weighted by Crippen LogP contribution is -2.37. The lowest BCUT2D eigenvalue weighted by Gasteiger charge is -2.29. The Morgan fingerprint density at radius 1 is 1.19 bits per heavy atom. The monoisotopic (exact) mass is 365 g/mol. The van der Waals surface area contributed by atoms with Crippen LogP contribution in [-0.4, -0.2) is 60.0 Å². The highest BCUT2D eigenvalue weighted by Gasteiger charge is 2.34. The van der Waals surface area contributed by atoms with Crippen molar-refractivity contribution in [3.8, 4) is 0 Å². The van der Waals surface area contributed by atoms with Crippen molar-refractivity contribution in [2.45, 2.75) is 12.6 Å². The van der Waals surface area contributed by atoms with E-state index < -0.39 is 23.8 Å². The number of amides is 1. The molecule has 10 heteroatoms. The van der Waals surface area contributed by atoms with Gasteiger partial charge in [0.2, 0.25) is 0 Å². The van der Waals surface area contributed by atoms with Crippen LogP contribution in [0.5, 0.6) is 0 Å². The Balaban J connectivity index is 1.53. The topological polar surface area (TPSA) is 72.7 Å². The molecule has 2 fully saturated rings. The molecule has 138 valence electrons. The number of rotatable bonds is 4. The summed E-state index contributed by atoms with van der Waals surface area (Å²) in [4.78, 5) is 14.9. The summed E-state index contributed by atoms with van der Waals surface area (Å²) in [5, 5.41) is 7.50. The molecule has 2 aliphatic heterocycles. The molecule has 0 saturated carbocycles. The van der Waals surface area contributed by atoms with Crippen molar-refractivity contribution < 1.29 is 23.0 Å². The minimum Gasteiger partial charge on any atom is -0.442 e. The number of nitrogens with zero attached hydrogens (tertiary/aromatic N) is 5. The van der Waals surface area contributed by atoms with Crippen LogP contribution < -0.4 is 9.80 Å². The van der Waals surface area contributed by atoms with Crippen LogP contribution in [0.15, 0.2) is 24.5 Å². The number of carbonyl (C=O) groups excluding carboxylic acids is 1. The van der Waals surface area contributed by atoms with Crippen molar-refractivity contribution in [3.05, 3.63) is 36.2 Å². The number of halogens is 2. The normalized spacial score (nSPS) is 20.5. The molecule has 0 unspecified atom stereocenters. The number of morpholine rings is 1. The Morgan fingerprint density at radius 2 is 1.92 bits per heavy atom. The molecule has 1 aromatic carbocycles. The first-order valence-corrected chi connectivity index (χ1v) is 8.26. The maximum Gasteiger partial charge on any atom is 0.414 e. The standard InChI is InChI=1S/C16H17F2N5O3/c17-13-7-11(8-14(18)15(13)21-3-5-25-6-4-21)23-10-12(26-16(23)24)9-22-2-1-19-20-22/h1-2,7-8,12H,3-6,9-10H2/t12-/m0/s1. The maximum atomic E-state index is 14.6. The molecule has 26 heavy (non-hydrogen) atoms. The van der Waals surface area contributed by atoms with Gasteiger partial charge in [-0.1, -0.05) is 5.21 Å². The quantitative estimate of drug-likeness (QED) is 0.816. The summed E-state index contributed by atoms with van der Waals surface area (Å²) in [6, 6.07) is 2.32. The van der Waals surface area contributed by atoms with Gasteiger partial charge in [0.25, 0.3) is 0 Å². The van der Waals surface area contributed by atoms with E-state index in [0.717, 1.165) is 12.1 Å². The maximum absolute atomic E-state index is 14.6. The number of ether oxygens (including phenoxy) is 2. The highest BCUT2D eigenvalue weighted by molar-refractivity contribution is 5.90. The zero-order chi connectivity index (χ0) is 18.1. The third kappa shape index (κ3) is 3.19. The lowest BCUT2D eigenvalue weighted by atomic mass is 10.2. The van der Waals surface area contributed by atoms with Gasteiger partial charge in [0, 0.05) is 31.4 Å². The van der Waals surface area contributed by atoms with Crippen LogP contribution in [0.1, 0.15) is 0 Å². The Labute approximate surface area is 147 Å². The smallest absolute Gasteiger partial charge is 0.414 e. The van der Waals surface area contributed by atoms with Crippen LogP contribution in [0.2, 0.25) is 0 Å². The van der Waals surface area contributed by atoms with Gasteiger partial charge in [0.1, 0.15) is 11.8 Å². The molecule has 3 heterocycles. The van der Waals surface area contributed by atoms with E-state index in [1.54, 1.807) is 11.1 Å². The molecule has 2 aliphatic rings. The number of carbonyl (C=O) groups is 1. The molecule has 0 bridgehead atoms. The molecule has 2 saturated heterocycles. The van der Waals surface area contributed by atoms with Crippen molar-refractivity contribution in [1.29, 1.82) is 0 Å². The SMILES string of the molecule is O=C1O[C@@H](Cn2ccnn2)CN1c1cc(F)c(N2CCOCC2)c(F)c1. The van der Waals surface area contributed by atoms with E-state index in [4.69, 9.17) is 9.47 Å². The number of cyclic esters (lactones) is 1. The zero-order valence-corrected chi connectivity index (χ0v) is 13.8. The fraction of sp³-hybridized carbons (Fsp3) is 0.438. The predicted molar refractivity (Wildman–Crippen MR) is 87.0 cm³/mol. The lowest BCUT2D eigenvalue weighted by molar-refractivity contribution is 0.122. The van der Waals surface area contributed by atoms with Gasteiger partial charge in [-0.15, -0.1) is 5.10 Å². The summed E-state index contributed by atoms with van der Waals surface area (Å²) in [6.45, 7) is 2.16. The molecule has 4 rings (SSSR count). The molecule has 0 radical (unpaired) electrons. The second kappa shape index (κ2) is 6.87. The van der Waals surface area contributed by atoms with Crippen LogP contribution in [0.25, 0.3) is 0 Å². The summed E-state index contributed by atoms with van der Waals surface area (Å²) in [6.07, 6.45) is 2.04. The molecular formula is C16H17F2N5O3. The van der Waals surface area contributed by atoms with Gasteiger partial charge in [-0.25, -0.2) is 18.3 Å². The molecule has 0 N–H and O–H groups in total. The van der Waals surface area contributed by atoms with Crippen LogP contribution >= 0.6 is 0 Å². The van der Waals surface area contributed by atoms with Crippen molar-refractivity contribution in [3.63, 3.8) is 0 Å². The Hall–Kier alpha value is -2.75. The molecule has 0 aliphatic carbocycles. The van der Waals surface area contributed by atoms with E-state index in [-0.39, 0.29) is 17.9 Å². The molecule has 0 spiro atoms. The molecular weight excluding hydrogens is 348 g/mol. The van der Waals surface area contributed by atoms with Crippen molar-refractivity contribution in [2.24, 2.45) is 0 Å². The minimum absolute atomic E-state index is 0.0937. The van der Waals surface area contributed by atoms with Crippen LogP contribution in [0.3, 0.4) is 0 Å². The Morgan fingerprint density at radius 3 is 2.58 bits per heavy atom. The number of anilines is 2. The van der Waals surface area contributed by atoms with Crippen LogP contribution in [0.4, 0.5) is 25.0 Å². The average Bonchev–Trinajstić information content (AvgIpc) is 3.25. The van der Waals surface area contributed by atoms with Crippen LogP contribution in [-0.2, 0) is 16.0 Å². The number of hydrogen-bond donors (Lipinski definition) is 0. The zero-order valence-electron chi connectivity index (χ0n) is 13.8. The van der Waals surface area contributed by atoms with Gasteiger partial charge in [-0.2, -0.15) is 0 Å². The van der Waals surface area contributed by atoms with E-state index in [1.165, 1.54) is 15.8 Å². The summed E-state index contributed by atoms with van der Waals surface area (Å²) in [5.41, 5.74) is 0.0341. The van der Waals surface area contributed by atoms with E-state index in [2.05, 4.69) is 10.3 Å². The summed E-state index contributed by atoms with van der Waals surface area (Å²) in [5.74, 6) is -1.43. The molecule has 8 nitrogen and oxygen atoms in total. The van der Waals surface area contributed by atoms with Gasteiger partial charge < -0.3 is 14.4 Å². The van der Waals surface area contributed by atoms with E-state index in [1.807, 2.05) is 0 Å². The number of aromatic nitrogens is 3. The highest BCUT2D eigenvalue weighted by atomic mass is 19.1. The molecule has 2 aromatic rings. The fourth-order valence-corrected chi connectivity index (χ4v) is 3.16. The van der Waals surface area contributed by atoms with Crippen molar-refractivity contribution in [1.82, 2.24) is 15.0 Å². The van der Waals surface area contributed by atoms with Crippen LogP contribution in [0, 0.1) is 11.6 Å². The van der Waals surface area contributed by atoms with Gasteiger partial charge in [-0.05, 0) is 0 Å². The first-order valence-electron chi connectivity index (χ1n) is 8.26. The van der Waals surface area contributed by atoms with Crippen molar-refractivity contribution in [2.75, 3.05) is 42.6 Å². The summed E-state index contributed by atoms with van der Waals surface area (Å²) < 4.78 is 41.1. The first-order chi connectivity index (χ1) is 12.6. The molecule has 1 aromatic heterocycles. The van der Waals surface area contributed by atoms with Gasteiger partial charge in [-0.3, -0.25) is 4.90 Å². The largest absolute Gasteiger partial charge is 0.442 e. The third-order valence-electron chi connectivity index (χ3n) is 4.38. The molecule has 1 amide bonds. The van der Waals surface area contributed by atoms with Gasteiger partial charge >= 0.3 is 6.09 Å². The fourth-order valence-electron chi connectivity index (χ4n) is 3.16. The van der Waals surface area contributed by atoms with Gasteiger partial charge in [0.15, 0.2) is 11.6 Å². The molecule has 1 atom stereocenters. The van der Waals surface area contributed by atoms with Gasteiger partial charge in [0.05, 0.1) is 38.2 Å².